The predicted octanol–water partition coefficient (Wildman–Crippen LogP) is 4.87. The zero-order valence-corrected chi connectivity index (χ0v) is 16.4. The van der Waals surface area contributed by atoms with Crippen LogP contribution in [0.15, 0.2) is 48.5 Å². The Morgan fingerprint density at radius 3 is 2.22 bits per heavy atom. The molecule has 0 bridgehead atoms. The van der Waals surface area contributed by atoms with Crippen molar-refractivity contribution >= 4 is 35.0 Å². The van der Waals surface area contributed by atoms with Crippen molar-refractivity contribution in [2.45, 2.75) is 38.4 Å². The van der Waals surface area contributed by atoms with Crippen LogP contribution in [0.4, 0.5) is 15.8 Å². The first-order valence-electron chi connectivity index (χ1n) is 9.04. The summed E-state index contributed by atoms with van der Waals surface area (Å²) in [4.78, 5) is 24.2. The van der Waals surface area contributed by atoms with Gasteiger partial charge in [-0.2, -0.15) is 0 Å². The molecule has 1 atom stereocenters. The van der Waals surface area contributed by atoms with E-state index in [2.05, 4.69) is 17.6 Å². The third-order valence-corrected chi connectivity index (χ3v) is 5.15. The fourth-order valence-corrected chi connectivity index (χ4v) is 3.07. The lowest BCUT2D eigenvalue weighted by molar-refractivity contribution is -0.115. The molecule has 27 heavy (non-hydrogen) atoms. The Balaban J connectivity index is 1.76. The highest BCUT2D eigenvalue weighted by molar-refractivity contribution is 8.01. The van der Waals surface area contributed by atoms with Crippen molar-refractivity contribution in [3.8, 4) is 0 Å². The maximum absolute atomic E-state index is 12.9. The number of halogens is 1. The number of unbranched alkanes of at least 4 members (excludes halogenated alkanes) is 1. The van der Waals surface area contributed by atoms with Crippen LogP contribution in [0.5, 0.6) is 0 Å². The van der Waals surface area contributed by atoms with E-state index in [1.807, 2.05) is 24.3 Å². The van der Waals surface area contributed by atoms with Crippen molar-refractivity contribution < 1.29 is 14.0 Å². The number of amides is 2. The van der Waals surface area contributed by atoms with Crippen LogP contribution in [0.1, 0.15) is 32.3 Å². The van der Waals surface area contributed by atoms with E-state index in [4.69, 9.17) is 0 Å². The van der Waals surface area contributed by atoms with Crippen molar-refractivity contribution in [3.63, 3.8) is 0 Å². The Morgan fingerprint density at radius 1 is 1.00 bits per heavy atom. The molecule has 0 aliphatic rings. The monoisotopic (exact) mass is 388 g/mol. The van der Waals surface area contributed by atoms with Crippen LogP contribution >= 0.6 is 11.8 Å². The van der Waals surface area contributed by atoms with Gasteiger partial charge in [0.25, 0.3) is 0 Å². The van der Waals surface area contributed by atoms with E-state index in [1.54, 1.807) is 6.92 Å². The summed E-state index contributed by atoms with van der Waals surface area (Å²) in [7, 11) is 0. The van der Waals surface area contributed by atoms with E-state index in [0.29, 0.717) is 5.69 Å². The average Bonchev–Trinajstić information content (AvgIpc) is 2.67. The molecule has 0 spiro atoms. The molecule has 2 N–H and O–H groups in total. The van der Waals surface area contributed by atoms with Gasteiger partial charge in [-0.15, -0.1) is 11.8 Å². The fraction of sp³-hybridized carbons (Fsp3) is 0.333. The van der Waals surface area contributed by atoms with Crippen molar-refractivity contribution in [1.82, 2.24) is 0 Å². The number of hydrogen-bond acceptors (Lipinski definition) is 3. The van der Waals surface area contributed by atoms with Crippen LogP contribution in [0.25, 0.3) is 0 Å². The summed E-state index contributed by atoms with van der Waals surface area (Å²) in [6, 6.07) is 13.4. The number of hydrogen-bond donors (Lipinski definition) is 2. The largest absolute Gasteiger partial charge is 0.325 e. The summed E-state index contributed by atoms with van der Waals surface area (Å²) in [5.41, 5.74) is 2.54. The molecule has 1 unspecified atom stereocenters. The van der Waals surface area contributed by atoms with E-state index in [0.717, 1.165) is 24.9 Å². The van der Waals surface area contributed by atoms with Gasteiger partial charge in [-0.1, -0.05) is 25.5 Å². The molecule has 4 nitrogen and oxygen atoms in total. The number of benzene rings is 2. The quantitative estimate of drug-likeness (QED) is 0.644. The number of nitrogens with one attached hydrogen (secondary N) is 2. The zero-order valence-electron chi connectivity index (χ0n) is 15.6. The summed E-state index contributed by atoms with van der Waals surface area (Å²) in [5.74, 6) is -0.587. The maximum atomic E-state index is 12.9. The third-order valence-electron chi connectivity index (χ3n) is 4.00. The van der Waals surface area contributed by atoms with Crippen LogP contribution in [0.2, 0.25) is 0 Å². The van der Waals surface area contributed by atoms with Crippen molar-refractivity contribution in [2.24, 2.45) is 0 Å². The van der Waals surface area contributed by atoms with E-state index in [9.17, 15) is 14.0 Å². The minimum Gasteiger partial charge on any atom is -0.325 e. The summed E-state index contributed by atoms with van der Waals surface area (Å²) in [5, 5.41) is 5.18. The highest BCUT2D eigenvalue weighted by Crippen LogP contribution is 2.17. The molecule has 2 amide bonds. The molecule has 0 fully saturated rings. The first-order chi connectivity index (χ1) is 13.0. The van der Waals surface area contributed by atoms with Gasteiger partial charge in [-0.05, 0) is 61.7 Å². The van der Waals surface area contributed by atoms with Gasteiger partial charge >= 0.3 is 0 Å². The van der Waals surface area contributed by atoms with Crippen molar-refractivity contribution in [2.75, 3.05) is 16.4 Å². The second-order valence-corrected chi connectivity index (χ2v) is 7.63. The van der Waals surface area contributed by atoms with Crippen LogP contribution in [-0.2, 0) is 16.0 Å². The van der Waals surface area contributed by atoms with Gasteiger partial charge in [0.15, 0.2) is 0 Å². The van der Waals surface area contributed by atoms with Gasteiger partial charge in [0.05, 0.1) is 11.0 Å². The van der Waals surface area contributed by atoms with Crippen LogP contribution in [0, 0.1) is 5.82 Å². The van der Waals surface area contributed by atoms with Crippen LogP contribution < -0.4 is 10.6 Å². The van der Waals surface area contributed by atoms with E-state index < -0.39 is 0 Å². The Morgan fingerprint density at radius 2 is 1.59 bits per heavy atom. The minimum atomic E-state index is -0.372. The number of carbonyl (C=O) groups excluding carboxylic acids is 2. The lowest BCUT2D eigenvalue weighted by atomic mass is 10.1. The lowest BCUT2D eigenvalue weighted by Gasteiger charge is -2.12. The number of rotatable bonds is 9. The molecular formula is C21H25FN2O2S. The molecule has 2 aromatic rings. The normalized spacial score (nSPS) is 11.7. The molecule has 144 valence electrons. The lowest BCUT2D eigenvalue weighted by Crippen LogP contribution is -2.25. The summed E-state index contributed by atoms with van der Waals surface area (Å²) in [6.45, 7) is 3.92. The van der Waals surface area contributed by atoms with Crippen molar-refractivity contribution in [3.05, 3.63) is 59.9 Å². The molecule has 0 aromatic heterocycles. The van der Waals surface area contributed by atoms with E-state index in [-0.39, 0.29) is 28.6 Å². The smallest absolute Gasteiger partial charge is 0.237 e. The summed E-state index contributed by atoms with van der Waals surface area (Å²) in [6.07, 6.45) is 3.35. The molecule has 2 rings (SSSR count). The standard InChI is InChI=1S/C21H25FN2O2S/c1-3-4-5-16-6-10-19(11-7-16)24-21(26)15(2)27-14-20(25)23-18-12-8-17(22)9-13-18/h6-13,15H,3-5,14H2,1-2H3,(H,23,25)(H,24,26). The molecule has 0 radical (unpaired) electrons. The summed E-state index contributed by atoms with van der Waals surface area (Å²) < 4.78 is 12.9. The Kier molecular flexibility index (Phi) is 8.33. The second-order valence-electron chi connectivity index (χ2n) is 6.30. The van der Waals surface area contributed by atoms with Gasteiger partial charge in [-0.25, -0.2) is 4.39 Å². The molecule has 2 aromatic carbocycles. The highest BCUT2D eigenvalue weighted by atomic mass is 32.2. The topological polar surface area (TPSA) is 58.2 Å². The van der Waals surface area contributed by atoms with Gasteiger partial charge in [-0.3, -0.25) is 9.59 Å². The Bertz CT molecular complexity index is 748. The molecule has 0 saturated carbocycles. The minimum absolute atomic E-state index is 0.141. The average molecular weight is 389 g/mol. The SMILES string of the molecule is CCCCc1ccc(NC(=O)C(C)SCC(=O)Nc2ccc(F)cc2)cc1. The van der Waals surface area contributed by atoms with E-state index in [1.165, 1.54) is 41.6 Å². The molecule has 0 aliphatic heterocycles. The van der Waals surface area contributed by atoms with Crippen LogP contribution in [-0.4, -0.2) is 22.8 Å². The predicted molar refractivity (Wildman–Crippen MR) is 111 cm³/mol. The maximum Gasteiger partial charge on any atom is 0.237 e. The molecule has 6 heteroatoms. The zero-order chi connectivity index (χ0) is 19.6. The van der Waals surface area contributed by atoms with Gasteiger partial charge in [0, 0.05) is 11.4 Å². The van der Waals surface area contributed by atoms with E-state index >= 15 is 0 Å². The number of carbonyl (C=O) groups is 2. The number of anilines is 2. The van der Waals surface area contributed by atoms with Crippen LogP contribution in [0.3, 0.4) is 0 Å². The summed E-state index contributed by atoms with van der Waals surface area (Å²) >= 11 is 1.25. The van der Waals surface area contributed by atoms with Gasteiger partial charge in [0.2, 0.25) is 11.8 Å². The van der Waals surface area contributed by atoms with Gasteiger partial charge < -0.3 is 10.6 Å². The van der Waals surface area contributed by atoms with Crippen molar-refractivity contribution in [1.29, 1.82) is 0 Å². The number of aryl methyl sites for hydroxylation is 1. The molecule has 0 heterocycles. The molecular weight excluding hydrogens is 363 g/mol. The first-order valence-corrected chi connectivity index (χ1v) is 10.1. The second kappa shape index (κ2) is 10.7. The Hall–Kier alpha value is -2.34. The number of thioether (sulfide) groups is 1. The fourth-order valence-electron chi connectivity index (χ4n) is 2.39. The molecule has 0 aliphatic carbocycles. The molecule has 0 saturated heterocycles. The third kappa shape index (κ3) is 7.43. The highest BCUT2D eigenvalue weighted by Gasteiger charge is 2.15. The Labute approximate surface area is 163 Å². The van der Waals surface area contributed by atoms with Gasteiger partial charge in [0.1, 0.15) is 5.82 Å². The first kappa shape index (κ1) is 21.0.